The molecule has 144 valence electrons. The van der Waals surface area contributed by atoms with Crippen molar-refractivity contribution in [2.75, 3.05) is 12.4 Å². The highest BCUT2D eigenvalue weighted by Crippen LogP contribution is 2.33. The van der Waals surface area contributed by atoms with E-state index in [0.29, 0.717) is 29.3 Å². The first-order valence-electron chi connectivity index (χ1n) is 8.62. The molecule has 8 nitrogen and oxygen atoms in total. The molecule has 1 amide bonds. The maximum atomic E-state index is 11.6. The number of carbonyl (C=O) groups is 1. The largest absolute Gasteiger partial charge is 0.494 e. The van der Waals surface area contributed by atoms with Gasteiger partial charge in [0.2, 0.25) is 11.9 Å². The number of aliphatic hydroxyl groups excluding tert-OH is 1. The summed E-state index contributed by atoms with van der Waals surface area (Å²) in [6.07, 6.45) is -0.0828. The minimum Gasteiger partial charge on any atom is -0.494 e. The van der Waals surface area contributed by atoms with Gasteiger partial charge in [-0.15, -0.1) is 11.3 Å². The fourth-order valence-electron chi connectivity index (χ4n) is 3.07. The van der Waals surface area contributed by atoms with Gasteiger partial charge in [-0.05, 0) is 32.4 Å². The standard InChI is InChI=1S/C18H23N5O3S/c1-5-6-23-14-12(7-11(16(19)24)8-13(14)26-4)21-18(23)22-17(25)15-9(2)20-10(3)27-15/h7-8,17,25H,5-6H2,1-4H3,(H2,19,24)(H,21,22). The third kappa shape index (κ3) is 3.60. The first-order chi connectivity index (χ1) is 12.8. The van der Waals surface area contributed by atoms with Crippen LogP contribution in [-0.2, 0) is 6.54 Å². The minimum atomic E-state index is -0.940. The fraction of sp³-hybridized carbons (Fsp3) is 0.389. The highest BCUT2D eigenvalue weighted by Gasteiger charge is 2.21. The predicted octanol–water partition coefficient (Wildman–Crippen LogP) is 2.73. The second kappa shape index (κ2) is 7.53. The minimum absolute atomic E-state index is 0.321. The van der Waals surface area contributed by atoms with E-state index in [2.05, 4.69) is 15.3 Å². The topological polar surface area (TPSA) is 115 Å². The van der Waals surface area contributed by atoms with Gasteiger partial charge in [0.25, 0.3) is 0 Å². The van der Waals surface area contributed by atoms with Gasteiger partial charge in [0.15, 0.2) is 6.23 Å². The van der Waals surface area contributed by atoms with Crippen molar-refractivity contribution in [3.8, 4) is 5.75 Å². The van der Waals surface area contributed by atoms with Crippen LogP contribution >= 0.6 is 11.3 Å². The Morgan fingerprint density at radius 1 is 1.41 bits per heavy atom. The Balaban J connectivity index is 2.10. The van der Waals surface area contributed by atoms with Crippen LogP contribution in [0.2, 0.25) is 0 Å². The monoisotopic (exact) mass is 389 g/mol. The van der Waals surface area contributed by atoms with E-state index >= 15 is 0 Å². The van der Waals surface area contributed by atoms with Gasteiger partial charge < -0.3 is 25.5 Å². The van der Waals surface area contributed by atoms with Gasteiger partial charge in [0.05, 0.1) is 28.2 Å². The van der Waals surface area contributed by atoms with Crippen molar-refractivity contribution in [2.45, 2.75) is 40.0 Å². The average molecular weight is 389 g/mol. The Bertz CT molecular complexity index is 995. The van der Waals surface area contributed by atoms with Gasteiger partial charge in [-0.1, -0.05) is 6.92 Å². The first kappa shape index (κ1) is 19.1. The molecule has 0 bridgehead atoms. The SMILES string of the molecule is CCCn1c(NC(O)c2sc(C)nc2C)nc2cc(C(N)=O)cc(OC)c21. The first-order valence-corrected chi connectivity index (χ1v) is 9.44. The number of rotatable bonds is 7. The van der Waals surface area contributed by atoms with Crippen molar-refractivity contribution in [3.63, 3.8) is 0 Å². The Morgan fingerprint density at radius 3 is 2.70 bits per heavy atom. The molecule has 4 N–H and O–H groups in total. The molecule has 2 heterocycles. The Morgan fingerprint density at radius 2 is 2.15 bits per heavy atom. The van der Waals surface area contributed by atoms with Gasteiger partial charge in [0.1, 0.15) is 11.3 Å². The van der Waals surface area contributed by atoms with Crippen molar-refractivity contribution >= 4 is 34.2 Å². The number of amides is 1. The zero-order chi connectivity index (χ0) is 19.7. The van der Waals surface area contributed by atoms with Crippen LogP contribution in [0.3, 0.4) is 0 Å². The quantitative estimate of drug-likeness (QED) is 0.535. The summed E-state index contributed by atoms with van der Waals surface area (Å²) in [5.41, 5.74) is 7.84. The third-order valence-electron chi connectivity index (χ3n) is 4.21. The zero-order valence-corrected chi connectivity index (χ0v) is 16.6. The van der Waals surface area contributed by atoms with Gasteiger partial charge in [0, 0.05) is 12.1 Å². The number of ether oxygens (including phenoxy) is 1. The summed E-state index contributed by atoms with van der Waals surface area (Å²) in [5.74, 6) is 0.449. The number of anilines is 1. The number of fused-ring (bicyclic) bond motifs is 1. The van der Waals surface area contributed by atoms with E-state index in [9.17, 15) is 9.90 Å². The van der Waals surface area contributed by atoms with Gasteiger partial charge >= 0.3 is 0 Å². The predicted molar refractivity (Wildman–Crippen MR) is 105 cm³/mol. The van der Waals surface area contributed by atoms with Crippen molar-refractivity contribution < 1.29 is 14.6 Å². The summed E-state index contributed by atoms with van der Waals surface area (Å²) in [6.45, 7) is 6.48. The van der Waals surface area contributed by atoms with Crippen LogP contribution in [0.1, 0.15) is 45.5 Å². The molecule has 3 aromatic rings. The summed E-state index contributed by atoms with van der Waals surface area (Å²) in [7, 11) is 1.54. The molecule has 1 unspecified atom stereocenters. The third-order valence-corrected chi connectivity index (χ3v) is 5.34. The number of hydrogen-bond acceptors (Lipinski definition) is 7. The lowest BCUT2D eigenvalue weighted by Crippen LogP contribution is -2.14. The highest BCUT2D eigenvalue weighted by atomic mass is 32.1. The van der Waals surface area contributed by atoms with E-state index in [4.69, 9.17) is 10.5 Å². The van der Waals surface area contributed by atoms with Crippen molar-refractivity contribution in [1.29, 1.82) is 0 Å². The maximum absolute atomic E-state index is 11.6. The van der Waals surface area contributed by atoms with Crippen molar-refractivity contribution in [3.05, 3.63) is 33.3 Å². The van der Waals surface area contributed by atoms with Crippen LogP contribution in [-0.4, -0.2) is 32.7 Å². The number of carbonyl (C=O) groups excluding carboxylic acids is 1. The van der Waals surface area contributed by atoms with E-state index in [1.165, 1.54) is 18.4 Å². The van der Waals surface area contributed by atoms with Crippen LogP contribution < -0.4 is 15.8 Å². The lowest BCUT2D eigenvalue weighted by molar-refractivity contribution is 0.1000. The number of nitrogens with one attached hydrogen (secondary N) is 1. The van der Waals surface area contributed by atoms with Crippen LogP contribution in [0.15, 0.2) is 12.1 Å². The number of aromatic nitrogens is 3. The fourth-order valence-corrected chi connectivity index (χ4v) is 3.93. The lowest BCUT2D eigenvalue weighted by Gasteiger charge is -2.15. The second-order valence-corrected chi connectivity index (χ2v) is 7.46. The van der Waals surface area contributed by atoms with Gasteiger partial charge in [-0.2, -0.15) is 0 Å². The van der Waals surface area contributed by atoms with E-state index in [-0.39, 0.29) is 0 Å². The molecule has 0 aliphatic heterocycles. The highest BCUT2D eigenvalue weighted by molar-refractivity contribution is 7.11. The molecular weight excluding hydrogens is 366 g/mol. The molecule has 1 aromatic carbocycles. The molecule has 0 radical (unpaired) electrons. The number of imidazole rings is 1. The number of thiazole rings is 1. The Hall–Kier alpha value is -2.65. The molecule has 0 spiro atoms. The number of hydrogen-bond donors (Lipinski definition) is 3. The second-order valence-electron chi connectivity index (χ2n) is 6.23. The van der Waals surface area contributed by atoms with Crippen molar-refractivity contribution in [1.82, 2.24) is 14.5 Å². The van der Waals surface area contributed by atoms with Gasteiger partial charge in [-0.25, -0.2) is 9.97 Å². The molecule has 27 heavy (non-hydrogen) atoms. The smallest absolute Gasteiger partial charge is 0.248 e. The molecule has 0 saturated carbocycles. The molecular formula is C18H23N5O3S. The van der Waals surface area contributed by atoms with E-state index < -0.39 is 12.1 Å². The van der Waals surface area contributed by atoms with E-state index in [1.54, 1.807) is 12.1 Å². The number of nitrogens with two attached hydrogens (primary N) is 1. The molecule has 0 aliphatic rings. The van der Waals surface area contributed by atoms with Crippen LogP contribution in [0.5, 0.6) is 5.75 Å². The number of benzene rings is 1. The maximum Gasteiger partial charge on any atom is 0.248 e. The Kier molecular flexibility index (Phi) is 5.33. The van der Waals surface area contributed by atoms with Crippen LogP contribution in [0.25, 0.3) is 11.0 Å². The van der Waals surface area contributed by atoms with E-state index in [1.807, 2.05) is 25.3 Å². The van der Waals surface area contributed by atoms with Crippen LogP contribution in [0, 0.1) is 13.8 Å². The zero-order valence-electron chi connectivity index (χ0n) is 15.7. The van der Waals surface area contributed by atoms with Crippen molar-refractivity contribution in [2.24, 2.45) is 5.73 Å². The molecule has 2 aromatic heterocycles. The molecule has 0 aliphatic carbocycles. The summed E-state index contributed by atoms with van der Waals surface area (Å²) < 4.78 is 7.40. The van der Waals surface area contributed by atoms with Crippen LogP contribution in [0.4, 0.5) is 5.95 Å². The van der Waals surface area contributed by atoms with Gasteiger partial charge in [-0.3, -0.25) is 4.79 Å². The molecule has 0 saturated heterocycles. The molecule has 9 heteroatoms. The van der Waals surface area contributed by atoms with E-state index in [0.717, 1.165) is 27.5 Å². The number of aliphatic hydroxyl groups is 1. The summed E-state index contributed by atoms with van der Waals surface area (Å²) in [4.78, 5) is 21.3. The average Bonchev–Trinajstić information content (AvgIpc) is 3.13. The molecule has 3 rings (SSSR count). The number of methoxy groups -OCH3 is 1. The molecule has 0 fully saturated rings. The summed E-state index contributed by atoms with van der Waals surface area (Å²) in [5, 5.41) is 14.6. The number of primary amides is 1. The number of nitrogens with zero attached hydrogens (tertiary/aromatic N) is 3. The normalized spacial score (nSPS) is 12.3. The molecule has 1 atom stereocenters. The number of aryl methyl sites for hydroxylation is 3. The summed E-state index contributed by atoms with van der Waals surface area (Å²) in [6, 6.07) is 3.24. The lowest BCUT2D eigenvalue weighted by atomic mass is 10.1. The Labute approximate surface area is 161 Å². The summed E-state index contributed by atoms with van der Waals surface area (Å²) >= 11 is 1.44.